The molecule has 1 N–H and O–H groups in total. The van der Waals surface area contributed by atoms with E-state index in [2.05, 4.69) is 13.2 Å². The van der Waals surface area contributed by atoms with Crippen LogP contribution in [0.2, 0.25) is 0 Å². The van der Waals surface area contributed by atoms with E-state index in [0.29, 0.717) is 22.3 Å². The first-order valence-corrected chi connectivity index (χ1v) is 8.95. The molecule has 0 unspecified atom stereocenters. The summed E-state index contributed by atoms with van der Waals surface area (Å²) in [5, 5.41) is 2.88. The molecule has 1 aliphatic carbocycles. The van der Waals surface area contributed by atoms with Crippen LogP contribution in [0.25, 0.3) is 0 Å². The zero-order valence-electron chi connectivity index (χ0n) is 16.4. The van der Waals surface area contributed by atoms with E-state index in [1.165, 1.54) is 5.56 Å². The van der Waals surface area contributed by atoms with Crippen LogP contribution < -0.4 is 5.32 Å². The molecule has 0 aromatic heterocycles. The summed E-state index contributed by atoms with van der Waals surface area (Å²) in [6.07, 6.45) is 1.07. The van der Waals surface area contributed by atoms with Crippen LogP contribution in [-0.4, -0.2) is 25.3 Å². The second kappa shape index (κ2) is 7.44. The van der Waals surface area contributed by atoms with Crippen LogP contribution in [0.15, 0.2) is 46.6 Å². The molecule has 136 valence electrons. The topological polar surface area (TPSA) is 63.2 Å². The molecule has 0 aliphatic heterocycles. The molecule has 0 radical (unpaired) electrons. The van der Waals surface area contributed by atoms with Crippen LogP contribution in [0, 0.1) is 5.41 Å². The Morgan fingerprint density at radius 1 is 0.962 bits per heavy atom. The van der Waals surface area contributed by atoms with E-state index in [0.717, 1.165) is 12.0 Å². The van der Waals surface area contributed by atoms with Gasteiger partial charge in [0, 0.05) is 39.8 Å². The number of ketones is 2. The first kappa shape index (κ1) is 19.9. The molecule has 1 amide bonds. The summed E-state index contributed by atoms with van der Waals surface area (Å²) < 4.78 is 0. The first-order chi connectivity index (χ1) is 12.1. The minimum atomic E-state index is -0.730. The van der Waals surface area contributed by atoms with Crippen molar-refractivity contribution in [3.8, 4) is 0 Å². The van der Waals surface area contributed by atoms with Gasteiger partial charge in [-0.15, -0.1) is 0 Å². The number of carbonyl (C=O) groups excluding carboxylic acids is 3. The third kappa shape index (κ3) is 3.87. The molecule has 0 heterocycles. The summed E-state index contributed by atoms with van der Waals surface area (Å²) in [5.74, 6) is -0.422. The molecule has 0 saturated heterocycles. The van der Waals surface area contributed by atoms with Crippen molar-refractivity contribution in [2.24, 2.45) is 5.41 Å². The van der Waals surface area contributed by atoms with Gasteiger partial charge >= 0.3 is 0 Å². The Morgan fingerprint density at radius 2 is 1.50 bits per heavy atom. The number of carbonyl (C=O) groups is 3. The summed E-state index contributed by atoms with van der Waals surface area (Å²) in [4.78, 5) is 37.7. The predicted molar refractivity (Wildman–Crippen MR) is 107 cm³/mol. The molecular formula is C21H26BNO3. The normalized spacial score (nSPS) is 15.6. The molecule has 5 heteroatoms. The number of Topliss-reactive ketones (excluding diaryl/α,β-unsaturated/α-hetero) is 2. The lowest BCUT2D eigenvalue weighted by Crippen LogP contribution is -2.33. The zero-order chi connectivity index (χ0) is 19.6. The second-order valence-corrected chi connectivity index (χ2v) is 7.57. The van der Waals surface area contributed by atoms with Crippen LogP contribution in [0.3, 0.4) is 0 Å². The van der Waals surface area contributed by atoms with Gasteiger partial charge < -0.3 is 5.32 Å². The molecule has 4 nitrogen and oxygen atoms in total. The van der Waals surface area contributed by atoms with Gasteiger partial charge in [-0.3, -0.25) is 14.4 Å². The van der Waals surface area contributed by atoms with Gasteiger partial charge in [0.15, 0.2) is 11.6 Å². The van der Waals surface area contributed by atoms with E-state index in [1.807, 2.05) is 38.1 Å². The molecule has 0 saturated carbocycles. The van der Waals surface area contributed by atoms with Crippen LogP contribution in [0.1, 0.15) is 46.6 Å². The van der Waals surface area contributed by atoms with E-state index >= 15 is 0 Å². The Morgan fingerprint density at radius 3 is 2.04 bits per heavy atom. The van der Waals surface area contributed by atoms with Crippen molar-refractivity contribution < 1.29 is 14.4 Å². The maximum Gasteiger partial charge on any atom is 0.225 e. The van der Waals surface area contributed by atoms with Gasteiger partial charge in [0.1, 0.15) is 7.85 Å². The van der Waals surface area contributed by atoms with Crippen LogP contribution in [0.4, 0.5) is 5.69 Å². The van der Waals surface area contributed by atoms with E-state index in [-0.39, 0.29) is 23.9 Å². The summed E-state index contributed by atoms with van der Waals surface area (Å²) in [6, 6.07) is 7.71. The third-order valence-corrected chi connectivity index (χ3v) is 5.11. The van der Waals surface area contributed by atoms with Gasteiger partial charge in [-0.1, -0.05) is 37.9 Å². The number of allylic oxidation sites excluding steroid dienone is 4. The van der Waals surface area contributed by atoms with Crippen LogP contribution >= 0.6 is 0 Å². The van der Waals surface area contributed by atoms with Gasteiger partial charge in [-0.25, -0.2) is 0 Å². The van der Waals surface area contributed by atoms with E-state index < -0.39 is 5.41 Å². The molecule has 1 aliphatic rings. The van der Waals surface area contributed by atoms with Crippen LogP contribution in [-0.2, 0) is 20.7 Å². The average molecular weight is 351 g/mol. The number of hydrogen-bond donors (Lipinski definition) is 1. The van der Waals surface area contributed by atoms with Crippen molar-refractivity contribution in [2.45, 2.75) is 47.4 Å². The van der Waals surface area contributed by atoms with Crippen molar-refractivity contribution >= 4 is 31.0 Å². The Balaban J connectivity index is 2.20. The maximum absolute atomic E-state index is 12.7. The largest absolute Gasteiger partial charge is 0.326 e. The SMILES string of the molecule is BCc1ccc(NC(=O)CC(C)(C)C2=C(C)C(=O)C(C)=C(C)C2=O)cc1. The molecule has 0 bridgehead atoms. The molecule has 0 fully saturated rings. The Labute approximate surface area is 156 Å². The molecule has 2 rings (SSSR count). The second-order valence-electron chi connectivity index (χ2n) is 7.57. The minimum absolute atomic E-state index is 0.110. The van der Waals surface area contributed by atoms with E-state index in [9.17, 15) is 14.4 Å². The van der Waals surface area contributed by atoms with Crippen molar-refractivity contribution in [2.75, 3.05) is 5.32 Å². The fourth-order valence-electron chi connectivity index (χ4n) is 3.43. The molecule has 26 heavy (non-hydrogen) atoms. The van der Waals surface area contributed by atoms with Gasteiger partial charge in [-0.2, -0.15) is 0 Å². The summed E-state index contributed by atoms with van der Waals surface area (Å²) >= 11 is 0. The van der Waals surface area contributed by atoms with Gasteiger partial charge in [0.25, 0.3) is 0 Å². The summed E-state index contributed by atoms with van der Waals surface area (Å²) in [7, 11) is 2.08. The first-order valence-electron chi connectivity index (χ1n) is 8.95. The monoisotopic (exact) mass is 351 g/mol. The molecule has 1 aromatic carbocycles. The summed E-state index contributed by atoms with van der Waals surface area (Å²) in [5.41, 5.74) is 3.06. The Kier molecular flexibility index (Phi) is 5.69. The third-order valence-electron chi connectivity index (χ3n) is 5.11. The Bertz CT molecular complexity index is 829. The number of nitrogens with one attached hydrogen (secondary N) is 1. The van der Waals surface area contributed by atoms with Crippen molar-refractivity contribution in [3.63, 3.8) is 0 Å². The van der Waals surface area contributed by atoms with Crippen LogP contribution in [0.5, 0.6) is 0 Å². The molecule has 0 atom stereocenters. The quantitative estimate of drug-likeness (QED) is 0.655. The highest BCUT2D eigenvalue weighted by Crippen LogP contribution is 2.38. The highest BCUT2D eigenvalue weighted by Gasteiger charge is 2.38. The lowest BCUT2D eigenvalue weighted by Gasteiger charge is -2.31. The number of benzene rings is 1. The van der Waals surface area contributed by atoms with Gasteiger partial charge in [-0.05, 0) is 32.9 Å². The van der Waals surface area contributed by atoms with E-state index in [4.69, 9.17) is 0 Å². The highest BCUT2D eigenvalue weighted by molar-refractivity contribution is 6.25. The van der Waals surface area contributed by atoms with Crippen molar-refractivity contribution in [1.82, 2.24) is 0 Å². The zero-order valence-corrected chi connectivity index (χ0v) is 16.4. The highest BCUT2D eigenvalue weighted by atomic mass is 16.2. The fourth-order valence-corrected chi connectivity index (χ4v) is 3.43. The summed E-state index contributed by atoms with van der Waals surface area (Å²) in [6.45, 7) is 8.70. The average Bonchev–Trinajstić information content (AvgIpc) is 2.58. The standard InChI is InChI=1S/C21H26BNO3/c1-12-13(2)20(26)18(14(3)19(12)25)21(4,5)10-17(24)23-16-8-6-15(11-22)7-9-16/h6-9H,10-11,22H2,1-5H3,(H,23,24). The molecular weight excluding hydrogens is 325 g/mol. The van der Waals surface area contributed by atoms with E-state index in [1.54, 1.807) is 20.8 Å². The number of anilines is 1. The number of rotatable bonds is 5. The maximum atomic E-state index is 12.7. The fraction of sp³-hybridized carbons (Fsp3) is 0.381. The lowest BCUT2D eigenvalue weighted by atomic mass is 9.71. The Hall–Kier alpha value is -2.43. The lowest BCUT2D eigenvalue weighted by molar-refractivity contribution is -0.119. The number of amides is 1. The van der Waals surface area contributed by atoms with Crippen molar-refractivity contribution in [1.29, 1.82) is 0 Å². The van der Waals surface area contributed by atoms with Gasteiger partial charge in [0.05, 0.1) is 0 Å². The smallest absolute Gasteiger partial charge is 0.225 e. The van der Waals surface area contributed by atoms with Crippen molar-refractivity contribution in [3.05, 3.63) is 52.1 Å². The number of hydrogen-bond acceptors (Lipinski definition) is 3. The predicted octanol–water partition coefficient (Wildman–Crippen LogP) is 2.98. The molecule has 0 spiro atoms. The minimum Gasteiger partial charge on any atom is -0.326 e. The molecule has 1 aromatic rings. The van der Waals surface area contributed by atoms with Gasteiger partial charge in [0.2, 0.25) is 5.91 Å².